The third-order valence-electron chi connectivity index (χ3n) is 7.50. The lowest BCUT2D eigenvalue weighted by molar-refractivity contribution is -0.870. The van der Waals surface area contributed by atoms with Crippen LogP contribution in [-0.4, -0.2) is 81.9 Å². The van der Waals surface area contributed by atoms with Crippen molar-refractivity contribution < 1.29 is 32.5 Å². The van der Waals surface area contributed by atoms with Crippen LogP contribution in [0.2, 0.25) is 0 Å². The Kier molecular flexibility index (Phi) is 23.3. The fourth-order valence-electron chi connectivity index (χ4n) is 4.82. The first-order valence-corrected chi connectivity index (χ1v) is 18.5. The molecule has 1 rings (SSSR count). The number of Topliss-reactive ketones (excluding diaryl/α,β-unsaturated/α-hetero) is 1. The first kappa shape index (κ1) is 39.9. The lowest BCUT2D eigenvalue weighted by atomic mass is 10.0. The third-order valence-corrected chi connectivity index (χ3v) is 8.57. The lowest BCUT2D eigenvalue weighted by Gasteiger charge is -2.25. The highest BCUT2D eigenvalue weighted by Crippen LogP contribution is 2.44. The number of rotatable bonds is 30. The number of quaternary nitrogens is 1. The lowest BCUT2D eigenvalue weighted by Crippen LogP contribution is -2.38. The zero-order valence-corrected chi connectivity index (χ0v) is 28.8. The summed E-state index contributed by atoms with van der Waals surface area (Å²) in [6.45, 7) is 3.95. The van der Waals surface area contributed by atoms with Gasteiger partial charge in [-0.15, -0.1) is 0 Å². The molecule has 0 aromatic heterocycles. The fourth-order valence-corrected chi connectivity index (χ4v) is 5.70. The monoisotopic (exact) mass is 627 g/mol. The van der Waals surface area contributed by atoms with Crippen molar-refractivity contribution in [2.24, 2.45) is 0 Å². The van der Waals surface area contributed by atoms with Gasteiger partial charge in [-0.05, 0) is 6.42 Å². The first-order chi connectivity index (χ1) is 20.6. The average molecular weight is 628 g/mol. The Morgan fingerprint density at radius 2 is 1.33 bits per heavy atom. The molecule has 9 heteroatoms. The number of nitrogens with one attached hydrogen (secondary N) is 1. The fraction of sp³-hybridized carbons (Fsp3) is 0.794. The summed E-state index contributed by atoms with van der Waals surface area (Å²) in [5.41, 5.74) is 0.615. The Balaban J connectivity index is 2.21. The Morgan fingerprint density at radius 3 is 1.84 bits per heavy atom. The highest BCUT2D eigenvalue weighted by atomic mass is 31.2. The van der Waals surface area contributed by atoms with E-state index in [2.05, 4.69) is 12.2 Å². The minimum Gasteiger partial charge on any atom is -0.379 e. The summed E-state index contributed by atoms with van der Waals surface area (Å²) in [5.74, 6) is -0.0557. The van der Waals surface area contributed by atoms with Gasteiger partial charge in [-0.1, -0.05) is 134 Å². The normalized spacial score (nSPS) is 14.1. The van der Waals surface area contributed by atoms with E-state index < -0.39 is 13.9 Å². The van der Waals surface area contributed by atoms with Gasteiger partial charge in [-0.3, -0.25) is 13.8 Å². The van der Waals surface area contributed by atoms with E-state index in [4.69, 9.17) is 13.8 Å². The molecule has 0 heterocycles. The molecule has 0 amide bonds. The van der Waals surface area contributed by atoms with Gasteiger partial charge < -0.3 is 19.4 Å². The number of benzene rings is 1. The molecule has 0 fully saturated rings. The van der Waals surface area contributed by atoms with Gasteiger partial charge in [-0.25, -0.2) is 4.57 Å². The molecule has 1 aromatic rings. The quantitative estimate of drug-likeness (QED) is 0.0387. The number of phosphoric ester groups is 1. The van der Waals surface area contributed by atoms with Crippen LogP contribution in [0.4, 0.5) is 0 Å². The van der Waals surface area contributed by atoms with Crippen molar-refractivity contribution in [2.75, 3.05) is 60.6 Å². The molecule has 0 aliphatic rings. The van der Waals surface area contributed by atoms with Crippen molar-refractivity contribution in [1.29, 1.82) is 0 Å². The Bertz CT molecular complexity index is 849. The summed E-state index contributed by atoms with van der Waals surface area (Å²) in [5, 5.41) is 3.05. The molecule has 0 saturated carbocycles. The first-order valence-electron chi connectivity index (χ1n) is 17.0. The highest BCUT2D eigenvalue weighted by Gasteiger charge is 2.28. The number of phosphoric acid groups is 1. The van der Waals surface area contributed by atoms with E-state index in [9.17, 15) is 14.3 Å². The molecule has 250 valence electrons. The van der Waals surface area contributed by atoms with Crippen molar-refractivity contribution in [3.63, 3.8) is 0 Å². The molecular formula is C34H64N2O6P+. The number of likely N-dealkylation sites (N-methyl/N-ethyl adjacent to an activating group) is 1. The molecule has 2 N–H and O–H groups in total. The van der Waals surface area contributed by atoms with Crippen LogP contribution in [0, 0.1) is 0 Å². The van der Waals surface area contributed by atoms with Gasteiger partial charge in [0.25, 0.3) is 0 Å². The zero-order valence-electron chi connectivity index (χ0n) is 27.9. The molecule has 0 aliphatic heterocycles. The predicted octanol–water partition coefficient (Wildman–Crippen LogP) is 7.95. The summed E-state index contributed by atoms with van der Waals surface area (Å²) < 4.78 is 29.7. The van der Waals surface area contributed by atoms with Crippen LogP contribution in [-0.2, 0) is 18.3 Å². The average Bonchev–Trinajstić information content (AvgIpc) is 2.95. The van der Waals surface area contributed by atoms with Gasteiger partial charge in [0.1, 0.15) is 19.3 Å². The Labute approximate surface area is 263 Å². The van der Waals surface area contributed by atoms with E-state index in [1.807, 2.05) is 39.3 Å². The number of ether oxygens (including phenoxy) is 1. The smallest absolute Gasteiger partial charge is 0.379 e. The summed E-state index contributed by atoms with van der Waals surface area (Å²) in [6, 6.07) is 9.04. The molecular weight excluding hydrogens is 563 g/mol. The minimum absolute atomic E-state index is 0.0557. The molecule has 1 aromatic carbocycles. The SMILES string of the molecule is CCCCCCCCCCCCCCCCCCOCC(CNCC(=O)c1ccccc1)OP(=O)(O)OCC[N+](C)(C)C. The number of carbonyl (C=O) groups excluding carboxylic acids is 1. The van der Waals surface area contributed by atoms with Gasteiger partial charge in [0.15, 0.2) is 5.78 Å². The van der Waals surface area contributed by atoms with Gasteiger partial charge in [0.2, 0.25) is 0 Å². The van der Waals surface area contributed by atoms with E-state index in [0.29, 0.717) is 23.2 Å². The number of hydrogen-bond acceptors (Lipinski definition) is 6. The molecule has 0 bridgehead atoms. The molecule has 43 heavy (non-hydrogen) atoms. The van der Waals surface area contributed by atoms with Gasteiger partial charge in [0, 0.05) is 18.7 Å². The van der Waals surface area contributed by atoms with E-state index in [1.165, 1.54) is 89.9 Å². The molecule has 0 saturated heterocycles. The second-order valence-electron chi connectivity index (χ2n) is 12.8. The second kappa shape index (κ2) is 25.1. The Morgan fingerprint density at radius 1 is 0.814 bits per heavy atom. The number of ketones is 1. The van der Waals surface area contributed by atoms with Crippen molar-refractivity contribution in [2.45, 2.75) is 116 Å². The summed E-state index contributed by atoms with van der Waals surface area (Å²) in [7, 11) is 1.68. The second-order valence-corrected chi connectivity index (χ2v) is 14.2. The molecule has 0 aliphatic carbocycles. The van der Waals surface area contributed by atoms with E-state index in [0.717, 1.165) is 12.8 Å². The number of nitrogens with zero attached hydrogens (tertiary/aromatic N) is 1. The van der Waals surface area contributed by atoms with E-state index in [-0.39, 0.29) is 32.1 Å². The maximum Gasteiger partial charge on any atom is 0.472 e. The van der Waals surface area contributed by atoms with Crippen LogP contribution in [0.25, 0.3) is 0 Å². The van der Waals surface area contributed by atoms with Crippen molar-refractivity contribution in [3.8, 4) is 0 Å². The van der Waals surface area contributed by atoms with Gasteiger partial charge in [-0.2, -0.15) is 0 Å². The van der Waals surface area contributed by atoms with Crippen molar-refractivity contribution >= 4 is 13.6 Å². The van der Waals surface area contributed by atoms with Crippen molar-refractivity contribution in [1.82, 2.24) is 5.32 Å². The van der Waals surface area contributed by atoms with E-state index >= 15 is 0 Å². The topological polar surface area (TPSA) is 94.1 Å². The zero-order chi connectivity index (χ0) is 31.7. The van der Waals surface area contributed by atoms with Gasteiger partial charge in [0.05, 0.1) is 34.3 Å². The maximum atomic E-state index is 12.6. The maximum absolute atomic E-state index is 12.6. The number of unbranched alkanes of at least 4 members (excludes halogenated alkanes) is 15. The van der Waals surface area contributed by atoms with E-state index in [1.54, 1.807) is 12.1 Å². The predicted molar refractivity (Wildman–Crippen MR) is 178 cm³/mol. The van der Waals surface area contributed by atoms with Crippen LogP contribution >= 0.6 is 7.82 Å². The van der Waals surface area contributed by atoms with Crippen LogP contribution in [0.5, 0.6) is 0 Å². The van der Waals surface area contributed by atoms with Crippen LogP contribution in [0.1, 0.15) is 120 Å². The molecule has 8 nitrogen and oxygen atoms in total. The van der Waals surface area contributed by atoms with Crippen LogP contribution in [0.15, 0.2) is 30.3 Å². The number of carbonyl (C=O) groups is 1. The summed E-state index contributed by atoms with van der Waals surface area (Å²) in [4.78, 5) is 22.7. The van der Waals surface area contributed by atoms with Crippen molar-refractivity contribution in [3.05, 3.63) is 35.9 Å². The molecule has 0 spiro atoms. The largest absolute Gasteiger partial charge is 0.472 e. The molecule has 2 unspecified atom stereocenters. The number of hydrogen-bond donors (Lipinski definition) is 2. The van der Waals surface area contributed by atoms with Gasteiger partial charge >= 0.3 is 7.82 Å². The molecule has 2 atom stereocenters. The Hall–Kier alpha value is -1.12. The minimum atomic E-state index is -4.27. The highest BCUT2D eigenvalue weighted by molar-refractivity contribution is 7.47. The third kappa shape index (κ3) is 24.8. The summed E-state index contributed by atoms with van der Waals surface area (Å²) in [6.07, 6.45) is 20.4. The van der Waals surface area contributed by atoms with Crippen LogP contribution in [0.3, 0.4) is 0 Å². The standard InChI is InChI=1S/C34H63N2O6P/c1-5-6-7-8-9-10-11-12-13-14-15-16-17-18-19-23-27-40-31-33(42-43(38,39)41-28-26-36(2,3)4)29-35-30-34(37)32-24-21-20-22-25-32/h20-22,24-25,33,35H,5-19,23,26-31H2,1-4H3/p+1. The van der Waals surface area contributed by atoms with Crippen LogP contribution < -0.4 is 5.32 Å². The summed E-state index contributed by atoms with van der Waals surface area (Å²) >= 11 is 0. The molecule has 0 radical (unpaired) electrons.